The van der Waals surface area contributed by atoms with E-state index in [9.17, 15) is 4.79 Å². The second-order valence-electron chi connectivity index (χ2n) is 7.62. The van der Waals surface area contributed by atoms with Crippen molar-refractivity contribution < 1.29 is 4.79 Å². The molecule has 30 heavy (non-hydrogen) atoms. The molecule has 0 radical (unpaired) electrons. The Morgan fingerprint density at radius 2 is 2.23 bits per heavy atom. The molecule has 0 N–H and O–H groups in total. The zero-order valence-electron chi connectivity index (χ0n) is 16.6. The molecule has 1 aliphatic heterocycles. The number of amides is 1. The van der Waals surface area contributed by atoms with Gasteiger partial charge in [-0.1, -0.05) is 0 Å². The SMILES string of the molecule is Cc1ccn2ncc(-c3ncc4ncn([C@H]5CCCN(C(=O)CC#N)C5)c4n3)c2c1. The maximum atomic E-state index is 12.2. The number of hydrogen-bond acceptors (Lipinski definition) is 6. The van der Waals surface area contributed by atoms with Gasteiger partial charge in [-0.15, -0.1) is 0 Å². The summed E-state index contributed by atoms with van der Waals surface area (Å²) in [6, 6.07) is 6.08. The van der Waals surface area contributed by atoms with E-state index in [4.69, 9.17) is 10.2 Å². The first-order chi connectivity index (χ1) is 14.6. The number of aromatic nitrogens is 6. The fraction of sp³-hybridized carbons (Fsp3) is 0.333. The number of carbonyl (C=O) groups excluding carboxylic acids is 1. The maximum Gasteiger partial charge on any atom is 0.236 e. The maximum absolute atomic E-state index is 12.2. The van der Waals surface area contributed by atoms with E-state index in [0.717, 1.165) is 35.1 Å². The summed E-state index contributed by atoms with van der Waals surface area (Å²) in [5, 5.41) is 13.2. The molecular weight excluding hydrogens is 380 g/mol. The number of imidazole rings is 1. The van der Waals surface area contributed by atoms with Gasteiger partial charge in [0.1, 0.15) is 11.9 Å². The van der Waals surface area contributed by atoms with Gasteiger partial charge in [0, 0.05) is 19.3 Å². The number of piperidine rings is 1. The number of hydrogen-bond donors (Lipinski definition) is 0. The van der Waals surface area contributed by atoms with Crippen LogP contribution in [0, 0.1) is 18.3 Å². The molecule has 5 heterocycles. The number of pyridine rings is 1. The van der Waals surface area contributed by atoms with Gasteiger partial charge in [0.15, 0.2) is 11.5 Å². The first-order valence-electron chi connectivity index (χ1n) is 9.92. The summed E-state index contributed by atoms with van der Waals surface area (Å²) in [6.45, 7) is 3.28. The van der Waals surface area contributed by atoms with Gasteiger partial charge in [-0.05, 0) is 37.5 Å². The zero-order valence-corrected chi connectivity index (χ0v) is 16.6. The standard InChI is InChI=1S/C21H20N8O/c1-14-5-8-29-18(9-14)16(10-25-29)20-23-11-17-21(26-20)28(13-24-17)15-3-2-7-27(12-15)19(30)4-6-22/h5,8-11,13,15H,2-4,7,12H2,1H3/t15-/m0/s1. The highest BCUT2D eigenvalue weighted by atomic mass is 16.2. The number of rotatable bonds is 3. The quantitative estimate of drug-likeness (QED) is 0.523. The Bertz CT molecular complexity index is 1300. The Labute approximate surface area is 172 Å². The molecule has 0 aromatic carbocycles. The van der Waals surface area contributed by atoms with Gasteiger partial charge in [0.05, 0.1) is 41.9 Å². The molecule has 1 amide bonds. The molecule has 0 spiro atoms. The van der Waals surface area contributed by atoms with E-state index in [1.54, 1.807) is 23.6 Å². The molecule has 5 rings (SSSR count). The highest BCUT2D eigenvalue weighted by Gasteiger charge is 2.26. The molecule has 4 aromatic heterocycles. The minimum absolute atomic E-state index is 0.0697. The molecule has 0 unspecified atom stereocenters. The molecule has 1 fully saturated rings. The van der Waals surface area contributed by atoms with Crippen LogP contribution < -0.4 is 0 Å². The van der Waals surface area contributed by atoms with Crippen molar-refractivity contribution in [3.8, 4) is 17.5 Å². The predicted octanol–water partition coefficient (Wildman–Crippen LogP) is 2.53. The van der Waals surface area contributed by atoms with Crippen LogP contribution in [0.3, 0.4) is 0 Å². The second-order valence-corrected chi connectivity index (χ2v) is 7.62. The molecule has 9 heteroatoms. The lowest BCUT2D eigenvalue weighted by atomic mass is 10.1. The third kappa shape index (κ3) is 3.06. The molecule has 0 aliphatic carbocycles. The Balaban J connectivity index is 1.53. The third-order valence-corrected chi connectivity index (χ3v) is 5.61. The van der Waals surface area contributed by atoms with Gasteiger partial charge in [-0.2, -0.15) is 10.4 Å². The number of carbonyl (C=O) groups is 1. The Morgan fingerprint density at radius 3 is 3.10 bits per heavy atom. The van der Waals surface area contributed by atoms with Crippen molar-refractivity contribution in [2.45, 2.75) is 32.2 Å². The van der Waals surface area contributed by atoms with Crippen LogP contribution in [0.4, 0.5) is 0 Å². The number of aryl methyl sites for hydroxylation is 1. The van der Waals surface area contributed by atoms with Gasteiger partial charge in [0.2, 0.25) is 5.91 Å². The first-order valence-corrected chi connectivity index (χ1v) is 9.92. The van der Waals surface area contributed by atoms with Crippen LogP contribution in [-0.4, -0.2) is 53.0 Å². The smallest absolute Gasteiger partial charge is 0.236 e. The summed E-state index contributed by atoms with van der Waals surface area (Å²) in [6.07, 6.45) is 8.92. The Hall–Kier alpha value is -3.80. The predicted molar refractivity (Wildman–Crippen MR) is 109 cm³/mol. The normalized spacial score (nSPS) is 16.8. The number of nitriles is 1. The van der Waals surface area contributed by atoms with E-state index >= 15 is 0 Å². The molecule has 150 valence electrons. The monoisotopic (exact) mass is 400 g/mol. The number of nitrogens with zero attached hydrogens (tertiary/aromatic N) is 8. The summed E-state index contributed by atoms with van der Waals surface area (Å²) in [7, 11) is 0. The van der Waals surface area contributed by atoms with Crippen molar-refractivity contribution in [2.24, 2.45) is 0 Å². The largest absolute Gasteiger partial charge is 0.340 e. The Kier molecular flexibility index (Phi) is 4.39. The summed E-state index contributed by atoms with van der Waals surface area (Å²) < 4.78 is 3.84. The molecule has 1 atom stereocenters. The molecular formula is C21H20N8O. The van der Waals surface area contributed by atoms with E-state index in [0.29, 0.717) is 24.4 Å². The van der Waals surface area contributed by atoms with E-state index in [1.165, 1.54) is 0 Å². The second kappa shape index (κ2) is 7.22. The lowest BCUT2D eigenvalue weighted by molar-refractivity contribution is -0.131. The van der Waals surface area contributed by atoms with Gasteiger partial charge in [0.25, 0.3) is 0 Å². The molecule has 1 saturated heterocycles. The zero-order chi connectivity index (χ0) is 20.7. The lowest BCUT2D eigenvalue weighted by Crippen LogP contribution is -2.40. The molecule has 0 saturated carbocycles. The highest BCUT2D eigenvalue weighted by molar-refractivity contribution is 5.80. The van der Waals surface area contributed by atoms with Crippen molar-refractivity contribution >= 4 is 22.6 Å². The van der Waals surface area contributed by atoms with Gasteiger partial charge < -0.3 is 9.47 Å². The van der Waals surface area contributed by atoms with E-state index < -0.39 is 0 Å². The van der Waals surface area contributed by atoms with Crippen molar-refractivity contribution in [1.29, 1.82) is 5.26 Å². The molecule has 4 aromatic rings. The van der Waals surface area contributed by atoms with Crippen molar-refractivity contribution in [1.82, 2.24) is 34.0 Å². The Morgan fingerprint density at radius 1 is 1.33 bits per heavy atom. The van der Waals surface area contributed by atoms with Gasteiger partial charge in [-0.25, -0.2) is 19.5 Å². The lowest BCUT2D eigenvalue weighted by Gasteiger charge is -2.33. The average Bonchev–Trinajstić information content (AvgIpc) is 3.37. The van der Waals surface area contributed by atoms with Crippen molar-refractivity contribution in [3.63, 3.8) is 0 Å². The number of likely N-dealkylation sites (tertiary alicyclic amines) is 1. The van der Waals surface area contributed by atoms with Gasteiger partial charge in [-0.3, -0.25) is 4.79 Å². The van der Waals surface area contributed by atoms with Crippen LogP contribution in [0.15, 0.2) is 37.1 Å². The first kappa shape index (κ1) is 18.2. The van der Waals surface area contributed by atoms with E-state index in [-0.39, 0.29) is 18.4 Å². The fourth-order valence-corrected chi connectivity index (χ4v) is 4.07. The van der Waals surface area contributed by atoms with Crippen molar-refractivity contribution in [2.75, 3.05) is 13.1 Å². The van der Waals surface area contributed by atoms with Gasteiger partial charge >= 0.3 is 0 Å². The van der Waals surface area contributed by atoms with Crippen LogP contribution >= 0.6 is 0 Å². The molecule has 9 nitrogen and oxygen atoms in total. The minimum Gasteiger partial charge on any atom is -0.340 e. The average molecular weight is 400 g/mol. The highest BCUT2D eigenvalue weighted by Crippen LogP contribution is 2.27. The van der Waals surface area contributed by atoms with E-state index in [1.807, 2.05) is 34.3 Å². The topological polar surface area (TPSA) is 105 Å². The third-order valence-electron chi connectivity index (χ3n) is 5.61. The molecule has 1 aliphatic rings. The van der Waals surface area contributed by atoms with Crippen LogP contribution in [0.2, 0.25) is 0 Å². The summed E-state index contributed by atoms with van der Waals surface area (Å²) in [4.78, 5) is 27.7. The van der Waals surface area contributed by atoms with Crippen LogP contribution in [0.25, 0.3) is 28.1 Å². The van der Waals surface area contributed by atoms with Crippen LogP contribution in [0.1, 0.15) is 30.9 Å². The summed E-state index contributed by atoms with van der Waals surface area (Å²) in [5.41, 5.74) is 4.41. The minimum atomic E-state index is -0.122. The summed E-state index contributed by atoms with van der Waals surface area (Å²) >= 11 is 0. The van der Waals surface area contributed by atoms with Crippen LogP contribution in [0.5, 0.6) is 0 Å². The molecule has 0 bridgehead atoms. The van der Waals surface area contributed by atoms with Crippen LogP contribution in [-0.2, 0) is 4.79 Å². The summed E-state index contributed by atoms with van der Waals surface area (Å²) in [5.74, 6) is 0.474. The number of fused-ring (bicyclic) bond motifs is 2. The fourth-order valence-electron chi connectivity index (χ4n) is 4.07. The van der Waals surface area contributed by atoms with E-state index in [2.05, 4.69) is 21.1 Å². The van der Waals surface area contributed by atoms with Crippen molar-refractivity contribution in [3.05, 3.63) is 42.6 Å².